The number of likely N-dealkylation sites (N-methyl/N-ethyl adjacent to an activating group) is 1. The summed E-state index contributed by atoms with van der Waals surface area (Å²) in [5.74, 6) is -12.5. The van der Waals surface area contributed by atoms with Crippen LogP contribution in [-0.2, 0) is 64.1 Å². The highest BCUT2D eigenvalue weighted by atomic mass is 32.2. The number of hydrogen-bond donors (Lipinski definition) is 10. The Morgan fingerprint density at radius 3 is 2.07 bits per heavy atom. The molecule has 398 valence electrons. The molecule has 1 heterocycles. The molecule has 72 heavy (non-hydrogen) atoms. The molecule has 0 spiro atoms. The molecule has 25 heteroatoms. The van der Waals surface area contributed by atoms with Crippen LogP contribution in [-0.4, -0.2) is 158 Å². The topological polar surface area (TPSA) is 377 Å². The number of aliphatic carboxylic acids is 2. The molecule has 0 aromatic heterocycles. The van der Waals surface area contributed by atoms with E-state index in [2.05, 4.69) is 43.5 Å². The van der Waals surface area contributed by atoms with Crippen molar-refractivity contribution < 1.29 is 66.5 Å². The molecule has 24 nitrogen and oxygen atoms in total. The molecular formula is C47H70N10O14S. The maximum atomic E-state index is 14.3. The standard InChI is InChI=1S/C47H70N10O14S/c1-26(23-27(2)37(71-7)24-31-13-10-9-11-14-31)16-17-32-28(3)40(60)55-35(45(65)66)18-19-39(59)57(6)30(5)42(62)51-29(4)41(61)54-34(20-22-72(8,69)70)44(64)56-36(46(67)68)25-38(58)52-33(43(63)53-32)15-12-21-50-47(48)49/h9-11,13-14,16-17,23,27-29,32-37H,5,12,15,18-22,24-25H2,1-4,6-8H3,(H,51,62)(H,52,58)(H,53,63)(H,54,61)(H,55,60)(H,56,64)(H,65,66)(H,67,68)(H4,48,49,50). The van der Waals surface area contributed by atoms with E-state index in [4.69, 9.17) is 16.2 Å². The monoisotopic (exact) mass is 1030 g/mol. The fourth-order valence-electron chi connectivity index (χ4n) is 7.16. The van der Waals surface area contributed by atoms with Gasteiger partial charge in [-0.1, -0.05) is 74.6 Å². The van der Waals surface area contributed by atoms with Gasteiger partial charge >= 0.3 is 11.9 Å². The van der Waals surface area contributed by atoms with E-state index in [-0.39, 0.29) is 37.4 Å². The van der Waals surface area contributed by atoms with Gasteiger partial charge in [-0.25, -0.2) is 18.0 Å². The summed E-state index contributed by atoms with van der Waals surface area (Å²) in [5, 5.41) is 34.5. The molecule has 9 unspecified atom stereocenters. The van der Waals surface area contributed by atoms with E-state index in [1.165, 1.54) is 19.9 Å². The molecule has 0 aliphatic carbocycles. The number of carboxylic acids is 2. The summed E-state index contributed by atoms with van der Waals surface area (Å²) in [6, 6.07) is 0.140. The fourth-order valence-corrected chi connectivity index (χ4v) is 7.82. The van der Waals surface area contributed by atoms with Crippen molar-refractivity contribution >= 4 is 69.1 Å². The zero-order chi connectivity index (χ0) is 54.5. The lowest BCUT2D eigenvalue weighted by molar-refractivity contribution is -0.144. The van der Waals surface area contributed by atoms with E-state index in [0.717, 1.165) is 23.8 Å². The van der Waals surface area contributed by atoms with E-state index in [1.54, 1.807) is 20.1 Å². The van der Waals surface area contributed by atoms with E-state index in [0.29, 0.717) is 12.0 Å². The normalized spacial score (nSPS) is 24.2. The third-order valence-electron chi connectivity index (χ3n) is 11.6. The van der Waals surface area contributed by atoms with Gasteiger partial charge in [0.15, 0.2) is 5.96 Å². The minimum atomic E-state index is -3.77. The number of methoxy groups -OCH3 is 1. The fraction of sp³-hybridized carbons (Fsp3) is 0.532. The SMILES string of the molecule is C=C1C(=O)NC(C)C(=O)NC(CCS(C)(=O)=O)C(=O)NC(C(=O)O)CC(=O)NC(CCCN=C(N)N)C(=O)NC(C=CC(C)=CC(C)C(Cc2ccccc2)OC)C(C)C(=O)NC(C(=O)O)CCC(=O)N1C. The molecule has 0 bridgehead atoms. The quantitative estimate of drug-likeness (QED) is 0.0304. The first kappa shape index (κ1) is 61.0. The van der Waals surface area contributed by atoms with Crippen LogP contribution in [0.25, 0.3) is 0 Å². The molecule has 1 saturated heterocycles. The molecule has 9 atom stereocenters. The Bertz CT molecular complexity index is 2340. The van der Waals surface area contributed by atoms with Gasteiger partial charge < -0.3 is 63.2 Å². The number of ether oxygens (including phenoxy) is 1. The van der Waals surface area contributed by atoms with E-state index in [1.807, 2.05) is 43.3 Å². The molecule has 7 amide bonds. The first-order valence-electron chi connectivity index (χ1n) is 23.0. The van der Waals surface area contributed by atoms with E-state index < -0.39 is 142 Å². The van der Waals surface area contributed by atoms with Crippen LogP contribution in [0.5, 0.6) is 0 Å². The Morgan fingerprint density at radius 2 is 1.49 bits per heavy atom. The highest BCUT2D eigenvalue weighted by Gasteiger charge is 2.34. The zero-order valence-corrected chi connectivity index (χ0v) is 42.5. The predicted molar refractivity (Wildman–Crippen MR) is 265 cm³/mol. The number of nitrogens with one attached hydrogen (secondary N) is 6. The second kappa shape index (κ2) is 29.3. The molecule has 0 saturated carbocycles. The van der Waals surface area contributed by atoms with Crippen LogP contribution in [0.2, 0.25) is 0 Å². The number of nitrogens with two attached hydrogens (primary N) is 2. The second-order valence-corrected chi connectivity index (χ2v) is 19.9. The smallest absolute Gasteiger partial charge is 0.326 e. The van der Waals surface area contributed by atoms with Gasteiger partial charge in [-0.3, -0.25) is 38.6 Å². The Labute approximate surface area is 419 Å². The van der Waals surface area contributed by atoms with Crippen molar-refractivity contribution in [3.8, 4) is 0 Å². The number of guanidine groups is 1. The lowest BCUT2D eigenvalue weighted by Crippen LogP contribution is -2.57. The highest BCUT2D eigenvalue weighted by Crippen LogP contribution is 2.18. The minimum absolute atomic E-state index is 0.0152. The molecular weight excluding hydrogens is 961 g/mol. The van der Waals surface area contributed by atoms with Crippen molar-refractivity contribution in [3.05, 3.63) is 72.0 Å². The number of carbonyl (C=O) groups excluding carboxylic acids is 7. The predicted octanol–water partition coefficient (Wildman–Crippen LogP) is -1.24. The molecule has 1 fully saturated rings. The number of amides is 7. The van der Waals surface area contributed by atoms with Crippen LogP contribution in [0.3, 0.4) is 0 Å². The lowest BCUT2D eigenvalue weighted by Gasteiger charge is -2.27. The van der Waals surface area contributed by atoms with Gasteiger partial charge in [-0.2, -0.15) is 0 Å². The van der Waals surface area contributed by atoms with Crippen molar-refractivity contribution in [2.75, 3.05) is 32.7 Å². The summed E-state index contributed by atoms with van der Waals surface area (Å²) >= 11 is 0. The number of aliphatic imine (C=N–C) groups is 1. The van der Waals surface area contributed by atoms with Crippen molar-refractivity contribution in [1.29, 1.82) is 0 Å². The third kappa shape index (κ3) is 21.5. The van der Waals surface area contributed by atoms with Crippen molar-refractivity contribution in [3.63, 3.8) is 0 Å². The Hall–Kier alpha value is -7.15. The minimum Gasteiger partial charge on any atom is -0.480 e. The van der Waals surface area contributed by atoms with Gasteiger partial charge in [0.2, 0.25) is 35.4 Å². The number of carbonyl (C=O) groups is 9. The van der Waals surface area contributed by atoms with Crippen LogP contribution < -0.4 is 43.4 Å². The summed E-state index contributed by atoms with van der Waals surface area (Å²) in [4.78, 5) is 125. The maximum absolute atomic E-state index is 14.3. The van der Waals surface area contributed by atoms with Crippen LogP contribution >= 0.6 is 0 Å². The van der Waals surface area contributed by atoms with Gasteiger partial charge in [-0.05, 0) is 51.5 Å². The van der Waals surface area contributed by atoms with Gasteiger partial charge in [0.1, 0.15) is 45.7 Å². The molecule has 1 aromatic rings. The van der Waals surface area contributed by atoms with E-state index in [9.17, 15) is 61.8 Å². The highest BCUT2D eigenvalue weighted by molar-refractivity contribution is 7.90. The Balaban J connectivity index is 2.71. The van der Waals surface area contributed by atoms with Crippen LogP contribution in [0.15, 0.2) is 71.4 Å². The van der Waals surface area contributed by atoms with Crippen LogP contribution in [0.4, 0.5) is 0 Å². The van der Waals surface area contributed by atoms with Crippen LogP contribution in [0.1, 0.15) is 71.8 Å². The number of sulfone groups is 1. The Morgan fingerprint density at radius 1 is 0.889 bits per heavy atom. The van der Waals surface area contributed by atoms with Gasteiger partial charge in [0.25, 0.3) is 5.91 Å². The van der Waals surface area contributed by atoms with Gasteiger partial charge in [0.05, 0.1) is 30.2 Å². The Kier molecular flexibility index (Phi) is 24.8. The molecule has 0 radical (unpaired) electrons. The number of carboxylic acid groups (broad SMARTS) is 2. The third-order valence-corrected chi connectivity index (χ3v) is 12.6. The first-order chi connectivity index (χ1) is 33.6. The summed E-state index contributed by atoms with van der Waals surface area (Å²) in [7, 11) is -1.02. The summed E-state index contributed by atoms with van der Waals surface area (Å²) in [5.41, 5.74) is 12.2. The van der Waals surface area contributed by atoms with E-state index >= 15 is 0 Å². The molecule has 1 aromatic carbocycles. The van der Waals surface area contributed by atoms with Crippen molar-refractivity contribution in [1.82, 2.24) is 36.8 Å². The maximum Gasteiger partial charge on any atom is 0.326 e. The number of hydrogen-bond acceptors (Lipinski definition) is 13. The summed E-state index contributed by atoms with van der Waals surface area (Å²) in [6.45, 7) is 9.87. The summed E-state index contributed by atoms with van der Waals surface area (Å²) < 4.78 is 30.0. The molecule has 2 rings (SSSR count). The number of allylic oxidation sites excluding steroid dienone is 2. The lowest BCUT2D eigenvalue weighted by atomic mass is 9.94. The average molecular weight is 1030 g/mol. The van der Waals surface area contributed by atoms with Gasteiger partial charge in [-0.15, -0.1) is 0 Å². The number of nitrogens with zero attached hydrogens (tertiary/aromatic N) is 2. The number of benzene rings is 1. The molecule has 12 N–H and O–H groups in total. The van der Waals surface area contributed by atoms with Crippen molar-refractivity contribution in [2.24, 2.45) is 28.3 Å². The second-order valence-electron chi connectivity index (χ2n) is 17.6. The van der Waals surface area contributed by atoms with Gasteiger partial charge in [0, 0.05) is 39.3 Å². The van der Waals surface area contributed by atoms with Crippen LogP contribution in [0, 0.1) is 11.8 Å². The largest absolute Gasteiger partial charge is 0.480 e. The summed E-state index contributed by atoms with van der Waals surface area (Å²) in [6.07, 6.45) is 3.61. The average Bonchev–Trinajstić information content (AvgIpc) is 3.30. The number of rotatable bonds is 16. The molecule has 1 aliphatic rings. The van der Waals surface area contributed by atoms with Crippen molar-refractivity contribution in [2.45, 2.75) is 115 Å². The molecule has 1 aliphatic heterocycles. The zero-order valence-electron chi connectivity index (χ0n) is 41.6. The first-order valence-corrected chi connectivity index (χ1v) is 25.1.